The third-order valence-corrected chi connectivity index (χ3v) is 4.72. The van der Waals surface area contributed by atoms with E-state index in [1.165, 1.54) is 17.5 Å². The first-order valence-corrected chi connectivity index (χ1v) is 8.87. The van der Waals surface area contributed by atoms with Gasteiger partial charge in [0, 0.05) is 28.3 Å². The van der Waals surface area contributed by atoms with E-state index in [0.717, 1.165) is 30.9 Å². The van der Waals surface area contributed by atoms with E-state index in [1.54, 1.807) is 0 Å². The van der Waals surface area contributed by atoms with Crippen LogP contribution in [0.4, 0.5) is 0 Å². The van der Waals surface area contributed by atoms with Crippen LogP contribution < -0.4 is 5.32 Å². The highest BCUT2D eigenvalue weighted by molar-refractivity contribution is 7.85. The zero-order chi connectivity index (χ0) is 14.1. The van der Waals surface area contributed by atoms with Crippen molar-refractivity contribution >= 4 is 10.8 Å². The van der Waals surface area contributed by atoms with Crippen LogP contribution >= 0.6 is 0 Å². The summed E-state index contributed by atoms with van der Waals surface area (Å²) >= 11 is 0. The summed E-state index contributed by atoms with van der Waals surface area (Å²) < 4.78 is 11.9. The molecule has 0 bridgehead atoms. The molecule has 0 aliphatic carbocycles. The molecule has 0 spiro atoms. The summed E-state index contributed by atoms with van der Waals surface area (Å²) in [6, 6.07) is 8.98. The largest absolute Gasteiger partial charge is 0.309 e. The molecule has 0 fully saturated rings. The molecule has 0 aliphatic rings. The van der Waals surface area contributed by atoms with Crippen LogP contribution in [0.3, 0.4) is 0 Å². The Morgan fingerprint density at radius 3 is 2.32 bits per heavy atom. The molecule has 0 aromatic heterocycles. The van der Waals surface area contributed by atoms with Gasteiger partial charge < -0.3 is 5.32 Å². The highest BCUT2D eigenvalue weighted by Gasteiger charge is 2.13. The number of nitrogens with one attached hydrogen (secondary N) is 1. The summed E-state index contributed by atoms with van der Waals surface area (Å²) in [6.45, 7) is 7.29. The van der Waals surface area contributed by atoms with Crippen molar-refractivity contribution in [2.45, 2.75) is 46.1 Å². The van der Waals surface area contributed by atoms with Crippen LogP contribution in [0.25, 0.3) is 0 Å². The molecule has 0 saturated heterocycles. The van der Waals surface area contributed by atoms with E-state index in [9.17, 15) is 4.21 Å². The van der Waals surface area contributed by atoms with E-state index >= 15 is 0 Å². The molecule has 2 nitrogen and oxygen atoms in total. The first-order chi connectivity index (χ1) is 9.21. The van der Waals surface area contributed by atoms with Crippen molar-refractivity contribution in [2.24, 2.45) is 0 Å². The third kappa shape index (κ3) is 5.87. The number of rotatable bonds is 9. The molecule has 1 rings (SSSR count). The van der Waals surface area contributed by atoms with Gasteiger partial charge in [0.25, 0.3) is 0 Å². The molecular formula is C16H27NOS. The molecule has 0 saturated carbocycles. The Morgan fingerprint density at radius 2 is 1.79 bits per heavy atom. The molecule has 0 aliphatic heterocycles. The van der Waals surface area contributed by atoms with Gasteiger partial charge in [-0.25, -0.2) is 0 Å². The monoisotopic (exact) mass is 281 g/mol. The van der Waals surface area contributed by atoms with E-state index < -0.39 is 10.8 Å². The van der Waals surface area contributed by atoms with Crippen molar-refractivity contribution in [3.05, 3.63) is 35.4 Å². The fourth-order valence-electron chi connectivity index (χ4n) is 2.22. The molecule has 108 valence electrons. The molecule has 0 radical (unpaired) electrons. The van der Waals surface area contributed by atoms with Crippen LogP contribution in [-0.2, 0) is 17.2 Å². The van der Waals surface area contributed by atoms with Crippen molar-refractivity contribution in [1.82, 2.24) is 5.32 Å². The number of hydrogen-bond acceptors (Lipinski definition) is 2. The standard InChI is InChI=1S/C16H27NOS/c1-4-7-14-8-10-15(11-9-14)16(17-6-3)13-19(18)12-5-2/h8-11,16-17H,4-7,12-13H2,1-3H3. The Labute approximate surface area is 120 Å². The summed E-state index contributed by atoms with van der Waals surface area (Å²) in [6.07, 6.45) is 3.30. The molecule has 2 unspecified atom stereocenters. The topological polar surface area (TPSA) is 29.1 Å². The quantitative estimate of drug-likeness (QED) is 0.751. The Bertz CT molecular complexity index is 375. The second-order valence-electron chi connectivity index (χ2n) is 4.91. The molecule has 0 heterocycles. The first kappa shape index (κ1) is 16.4. The normalized spacial score (nSPS) is 14.3. The predicted molar refractivity (Wildman–Crippen MR) is 85.0 cm³/mol. The minimum Gasteiger partial charge on any atom is -0.309 e. The summed E-state index contributed by atoms with van der Waals surface area (Å²) in [5.74, 6) is 1.52. The second kappa shape index (κ2) is 9.27. The number of benzene rings is 1. The minimum atomic E-state index is -0.723. The fourth-order valence-corrected chi connectivity index (χ4v) is 3.53. The summed E-state index contributed by atoms with van der Waals surface area (Å²) in [5, 5.41) is 3.45. The summed E-state index contributed by atoms with van der Waals surface area (Å²) in [4.78, 5) is 0. The minimum absolute atomic E-state index is 0.216. The van der Waals surface area contributed by atoms with Crippen LogP contribution in [0.1, 0.15) is 50.8 Å². The second-order valence-corrected chi connectivity index (χ2v) is 6.53. The first-order valence-electron chi connectivity index (χ1n) is 7.38. The van der Waals surface area contributed by atoms with Crippen LogP contribution in [0.15, 0.2) is 24.3 Å². The van der Waals surface area contributed by atoms with Crippen LogP contribution in [0, 0.1) is 0 Å². The predicted octanol–water partition coefficient (Wildman–Crippen LogP) is 3.45. The van der Waals surface area contributed by atoms with Gasteiger partial charge in [-0.05, 0) is 30.5 Å². The van der Waals surface area contributed by atoms with Crippen molar-refractivity contribution < 1.29 is 4.21 Å². The van der Waals surface area contributed by atoms with E-state index in [0.29, 0.717) is 0 Å². The molecule has 1 N–H and O–H groups in total. The maximum atomic E-state index is 11.9. The summed E-state index contributed by atoms with van der Waals surface area (Å²) in [5.41, 5.74) is 2.64. The third-order valence-electron chi connectivity index (χ3n) is 3.16. The van der Waals surface area contributed by atoms with Crippen LogP contribution in [0.2, 0.25) is 0 Å². The number of aryl methyl sites for hydroxylation is 1. The van der Waals surface area contributed by atoms with Crippen LogP contribution in [0.5, 0.6) is 0 Å². The zero-order valence-corrected chi connectivity index (χ0v) is 13.3. The lowest BCUT2D eigenvalue weighted by Gasteiger charge is -2.18. The van der Waals surface area contributed by atoms with Gasteiger partial charge in [0.15, 0.2) is 0 Å². The Morgan fingerprint density at radius 1 is 1.11 bits per heavy atom. The molecule has 3 heteroatoms. The van der Waals surface area contributed by atoms with Gasteiger partial charge in [0.1, 0.15) is 0 Å². The van der Waals surface area contributed by atoms with Gasteiger partial charge in [-0.2, -0.15) is 0 Å². The Balaban J connectivity index is 2.71. The lowest BCUT2D eigenvalue weighted by atomic mass is 10.0. The van der Waals surface area contributed by atoms with Crippen molar-refractivity contribution in [1.29, 1.82) is 0 Å². The molecule has 0 amide bonds. The van der Waals surface area contributed by atoms with Gasteiger partial charge in [-0.1, -0.05) is 51.5 Å². The van der Waals surface area contributed by atoms with E-state index in [4.69, 9.17) is 0 Å². The van der Waals surface area contributed by atoms with Crippen molar-refractivity contribution in [2.75, 3.05) is 18.1 Å². The van der Waals surface area contributed by atoms with Gasteiger partial charge in [0.05, 0.1) is 0 Å². The SMILES string of the molecule is CCCc1ccc(C(CS(=O)CCC)NCC)cc1. The van der Waals surface area contributed by atoms with Crippen molar-refractivity contribution in [3.8, 4) is 0 Å². The van der Waals surface area contributed by atoms with Gasteiger partial charge in [-0.15, -0.1) is 0 Å². The fraction of sp³-hybridized carbons (Fsp3) is 0.625. The van der Waals surface area contributed by atoms with Crippen molar-refractivity contribution in [3.63, 3.8) is 0 Å². The molecule has 1 aromatic rings. The summed E-state index contributed by atoms with van der Waals surface area (Å²) in [7, 11) is -0.723. The van der Waals surface area contributed by atoms with Gasteiger partial charge in [0.2, 0.25) is 0 Å². The Hall–Kier alpha value is -0.670. The molecule has 1 aromatic carbocycles. The average molecular weight is 281 g/mol. The maximum Gasteiger partial charge on any atom is 0.0436 e. The van der Waals surface area contributed by atoms with Gasteiger partial charge >= 0.3 is 0 Å². The highest BCUT2D eigenvalue weighted by Crippen LogP contribution is 2.16. The lowest BCUT2D eigenvalue weighted by Crippen LogP contribution is -2.26. The van der Waals surface area contributed by atoms with Gasteiger partial charge in [-0.3, -0.25) is 4.21 Å². The average Bonchev–Trinajstić information content (AvgIpc) is 2.40. The van der Waals surface area contributed by atoms with E-state index in [1.807, 2.05) is 0 Å². The molecule has 19 heavy (non-hydrogen) atoms. The van der Waals surface area contributed by atoms with E-state index in [-0.39, 0.29) is 6.04 Å². The smallest absolute Gasteiger partial charge is 0.0436 e. The maximum absolute atomic E-state index is 11.9. The zero-order valence-electron chi connectivity index (χ0n) is 12.4. The molecule has 2 atom stereocenters. The Kier molecular flexibility index (Phi) is 7.99. The van der Waals surface area contributed by atoms with Crippen LogP contribution in [-0.4, -0.2) is 22.3 Å². The number of hydrogen-bond donors (Lipinski definition) is 1. The highest BCUT2D eigenvalue weighted by atomic mass is 32.2. The lowest BCUT2D eigenvalue weighted by molar-refractivity contribution is 0.594. The van der Waals surface area contributed by atoms with E-state index in [2.05, 4.69) is 50.4 Å². The molecular weight excluding hydrogens is 254 g/mol.